The third-order valence-electron chi connectivity index (χ3n) is 3.45. The van der Waals surface area contributed by atoms with Gasteiger partial charge in [-0.05, 0) is 56.2 Å². The first-order valence-electron chi connectivity index (χ1n) is 7.15. The molecule has 0 aliphatic heterocycles. The van der Waals surface area contributed by atoms with Crippen molar-refractivity contribution in [3.05, 3.63) is 59.7 Å². The average Bonchev–Trinajstić information content (AvgIpc) is 2.45. The van der Waals surface area contributed by atoms with Crippen LogP contribution < -0.4 is 10.2 Å². The summed E-state index contributed by atoms with van der Waals surface area (Å²) in [6.45, 7) is 6.00. The molecule has 3 heteroatoms. The predicted octanol–water partition coefficient (Wildman–Crippen LogP) is 3.77. The molecule has 0 radical (unpaired) electrons. The van der Waals surface area contributed by atoms with Gasteiger partial charge in [-0.1, -0.05) is 24.3 Å². The van der Waals surface area contributed by atoms with Gasteiger partial charge in [-0.2, -0.15) is 0 Å². The molecule has 0 aliphatic rings. The van der Waals surface area contributed by atoms with Crippen LogP contribution in [0.25, 0.3) is 0 Å². The van der Waals surface area contributed by atoms with Crippen LogP contribution in [0, 0.1) is 13.8 Å². The highest BCUT2D eigenvalue weighted by Gasteiger charge is 2.18. The summed E-state index contributed by atoms with van der Waals surface area (Å²) in [7, 11) is 1.80. The summed E-state index contributed by atoms with van der Waals surface area (Å²) in [4.78, 5) is 14.2. The highest BCUT2D eigenvalue weighted by atomic mass is 16.2. The van der Waals surface area contributed by atoms with E-state index in [2.05, 4.69) is 37.4 Å². The number of anilines is 2. The second-order valence-electron chi connectivity index (χ2n) is 5.48. The van der Waals surface area contributed by atoms with E-state index < -0.39 is 0 Å². The summed E-state index contributed by atoms with van der Waals surface area (Å²) in [6.07, 6.45) is 0. The fourth-order valence-electron chi connectivity index (χ4n) is 2.44. The van der Waals surface area contributed by atoms with Crippen LogP contribution in [0.15, 0.2) is 48.5 Å². The van der Waals surface area contributed by atoms with Crippen LogP contribution in [-0.2, 0) is 4.79 Å². The molecular weight excluding hydrogens is 260 g/mol. The van der Waals surface area contributed by atoms with E-state index >= 15 is 0 Å². The smallest absolute Gasteiger partial charge is 0.248 e. The number of hydrogen-bond acceptors (Lipinski definition) is 2. The van der Waals surface area contributed by atoms with Gasteiger partial charge in [0.1, 0.15) is 6.04 Å². The Morgan fingerprint density at radius 3 is 2.19 bits per heavy atom. The van der Waals surface area contributed by atoms with Crippen LogP contribution in [0.4, 0.5) is 11.4 Å². The van der Waals surface area contributed by atoms with Crippen molar-refractivity contribution in [3.63, 3.8) is 0 Å². The Morgan fingerprint density at radius 2 is 1.62 bits per heavy atom. The van der Waals surface area contributed by atoms with Crippen LogP contribution in [-0.4, -0.2) is 19.0 Å². The third-order valence-corrected chi connectivity index (χ3v) is 3.45. The van der Waals surface area contributed by atoms with Crippen molar-refractivity contribution in [1.29, 1.82) is 0 Å². The first kappa shape index (κ1) is 15.1. The largest absolute Gasteiger partial charge is 0.374 e. The minimum atomic E-state index is -0.281. The number of amides is 1. The van der Waals surface area contributed by atoms with Crippen molar-refractivity contribution in [2.75, 3.05) is 17.3 Å². The quantitative estimate of drug-likeness (QED) is 0.926. The van der Waals surface area contributed by atoms with E-state index in [1.165, 1.54) is 11.1 Å². The van der Waals surface area contributed by atoms with Crippen molar-refractivity contribution in [3.8, 4) is 0 Å². The van der Waals surface area contributed by atoms with Gasteiger partial charge < -0.3 is 10.2 Å². The fourth-order valence-corrected chi connectivity index (χ4v) is 2.44. The summed E-state index contributed by atoms with van der Waals surface area (Å²) in [5.41, 5.74) is 4.26. The number of para-hydroxylation sites is 1. The van der Waals surface area contributed by atoms with Crippen molar-refractivity contribution in [1.82, 2.24) is 0 Å². The van der Waals surface area contributed by atoms with E-state index in [1.54, 1.807) is 11.9 Å². The first-order valence-corrected chi connectivity index (χ1v) is 7.15. The average molecular weight is 282 g/mol. The van der Waals surface area contributed by atoms with Crippen molar-refractivity contribution < 1.29 is 4.79 Å². The summed E-state index contributed by atoms with van der Waals surface area (Å²) in [6, 6.07) is 15.6. The highest BCUT2D eigenvalue weighted by Crippen LogP contribution is 2.17. The third kappa shape index (κ3) is 3.85. The Balaban J connectivity index is 2.09. The fraction of sp³-hybridized carbons (Fsp3) is 0.278. The van der Waals surface area contributed by atoms with E-state index in [1.807, 2.05) is 37.3 Å². The highest BCUT2D eigenvalue weighted by molar-refractivity contribution is 5.98. The molecule has 0 bridgehead atoms. The number of likely N-dealkylation sites (N-methyl/N-ethyl adjacent to an activating group) is 1. The molecule has 1 N–H and O–H groups in total. The molecule has 0 fully saturated rings. The van der Waals surface area contributed by atoms with Gasteiger partial charge in [-0.3, -0.25) is 4.79 Å². The summed E-state index contributed by atoms with van der Waals surface area (Å²) in [5, 5.41) is 3.28. The second-order valence-corrected chi connectivity index (χ2v) is 5.48. The summed E-state index contributed by atoms with van der Waals surface area (Å²) in [5.74, 6) is 0.0420. The van der Waals surface area contributed by atoms with E-state index in [0.29, 0.717) is 0 Å². The van der Waals surface area contributed by atoms with Gasteiger partial charge in [0.25, 0.3) is 0 Å². The minimum Gasteiger partial charge on any atom is -0.374 e. The molecule has 0 aromatic heterocycles. The normalized spacial score (nSPS) is 11.8. The molecule has 2 rings (SSSR count). The molecule has 0 spiro atoms. The molecule has 2 aromatic rings. The van der Waals surface area contributed by atoms with E-state index in [-0.39, 0.29) is 11.9 Å². The van der Waals surface area contributed by atoms with Crippen LogP contribution >= 0.6 is 0 Å². The molecule has 0 aliphatic carbocycles. The van der Waals surface area contributed by atoms with Gasteiger partial charge in [-0.25, -0.2) is 0 Å². The van der Waals surface area contributed by atoms with E-state index in [0.717, 1.165) is 11.4 Å². The zero-order valence-electron chi connectivity index (χ0n) is 13.1. The number of rotatable bonds is 4. The lowest BCUT2D eigenvalue weighted by Crippen LogP contribution is -2.39. The number of benzene rings is 2. The predicted molar refractivity (Wildman–Crippen MR) is 88.9 cm³/mol. The second kappa shape index (κ2) is 6.44. The number of carbonyl (C=O) groups is 1. The van der Waals surface area contributed by atoms with Crippen molar-refractivity contribution in [2.45, 2.75) is 26.8 Å². The number of aryl methyl sites for hydroxylation is 2. The van der Waals surface area contributed by atoms with Gasteiger partial charge >= 0.3 is 0 Å². The number of nitrogens with zero attached hydrogens (tertiary/aromatic N) is 1. The lowest BCUT2D eigenvalue weighted by Gasteiger charge is -2.23. The van der Waals surface area contributed by atoms with Gasteiger partial charge in [0.15, 0.2) is 0 Å². The molecule has 2 aromatic carbocycles. The molecule has 0 unspecified atom stereocenters. The maximum Gasteiger partial charge on any atom is 0.248 e. The Hall–Kier alpha value is -2.29. The maximum atomic E-state index is 12.5. The first-order chi connectivity index (χ1) is 9.97. The Labute approximate surface area is 126 Å². The molecule has 0 saturated heterocycles. The van der Waals surface area contributed by atoms with Gasteiger partial charge in [0.2, 0.25) is 5.91 Å². The Kier molecular flexibility index (Phi) is 4.63. The van der Waals surface area contributed by atoms with Gasteiger partial charge in [0.05, 0.1) is 0 Å². The van der Waals surface area contributed by atoms with Gasteiger partial charge in [-0.15, -0.1) is 0 Å². The monoisotopic (exact) mass is 282 g/mol. The minimum absolute atomic E-state index is 0.0420. The number of carbonyl (C=O) groups excluding carboxylic acids is 1. The molecular formula is C18H22N2O. The van der Waals surface area contributed by atoms with Crippen LogP contribution in [0.5, 0.6) is 0 Å². The summed E-state index contributed by atoms with van der Waals surface area (Å²) < 4.78 is 0. The van der Waals surface area contributed by atoms with Crippen molar-refractivity contribution >= 4 is 17.3 Å². The van der Waals surface area contributed by atoms with Crippen molar-refractivity contribution in [2.24, 2.45) is 0 Å². The maximum absolute atomic E-state index is 12.5. The van der Waals surface area contributed by atoms with Crippen LogP contribution in [0.3, 0.4) is 0 Å². The molecule has 3 nitrogen and oxygen atoms in total. The zero-order chi connectivity index (χ0) is 15.4. The van der Waals surface area contributed by atoms with Gasteiger partial charge in [0, 0.05) is 18.4 Å². The lowest BCUT2D eigenvalue weighted by atomic mass is 10.1. The van der Waals surface area contributed by atoms with Crippen LogP contribution in [0.2, 0.25) is 0 Å². The molecule has 21 heavy (non-hydrogen) atoms. The Morgan fingerprint density at radius 1 is 1.05 bits per heavy atom. The molecule has 0 saturated carbocycles. The molecule has 110 valence electrons. The zero-order valence-corrected chi connectivity index (χ0v) is 13.1. The topological polar surface area (TPSA) is 32.3 Å². The SMILES string of the molecule is Cc1cc(C)cc(N[C@H](C)C(=O)N(C)c2ccccc2)c1. The van der Waals surface area contributed by atoms with E-state index in [4.69, 9.17) is 0 Å². The van der Waals surface area contributed by atoms with Crippen LogP contribution in [0.1, 0.15) is 18.1 Å². The lowest BCUT2D eigenvalue weighted by molar-refractivity contribution is -0.118. The van der Waals surface area contributed by atoms with E-state index in [9.17, 15) is 4.79 Å². The summed E-state index contributed by atoms with van der Waals surface area (Å²) >= 11 is 0. The Bertz CT molecular complexity index is 602. The number of nitrogens with one attached hydrogen (secondary N) is 1. The molecule has 1 amide bonds. The molecule has 0 heterocycles. The number of hydrogen-bond donors (Lipinski definition) is 1. The standard InChI is InChI=1S/C18H22N2O/c1-13-10-14(2)12-16(11-13)19-15(3)18(21)20(4)17-8-6-5-7-9-17/h5-12,15,19H,1-4H3/t15-/m1/s1. The molecule has 1 atom stereocenters.